The summed E-state index contributed by atoms with van der Waals surface area (Å²) in [5.74, 6) is -0.155. The van der Waals surface area contributed by atoms with E-state index < -0.39 is 0 Å². The molecule has 0 aromatic carbocycles. The second kappa shape index (κ2) is 6.63. The van der Waals surface area contributed by atoms with E-state index in [1.165, 1.54) is 12.8 Å². The lowest BCUT2D eigenvalue weighted by Gasteiger charge is -2.44. The fourth-order valence-corrected chi connectivity index (χ4v) is 4.60. The first kappa shape index (κ1) is 15.3. The predicted octanol–water partition coefficient (Wildman–Crippen LogP) is 0.704. The van der Waals surface area contributed by atoms with Gasteiger partial charge in [-0.1, -0.05) is 12.8 Å². The molecule has 2 aliphatic heterocycles. The molecule has 5 heteroatoms. The summed E-state index contributed by atoms with van der Waals surface area (Å²) in [6, 6.07) is 0.828. The highest BCUT2D eigenvalue weighted by molar-refractivity contribution is 5.80. The molecule has 1 amide bonds. The molecule has 1 aliphatic carbocycles. The van der Waals surface area contributed by atoms with Gasteiger partial charge in [0, 0.05) is 25.2 Å². The zero-order chi connectivity index (χ0) is 14.8. The Hall–Kier alpha value is -0.650. The zero-order valence-electron chi connectivity index (χ0n) is 12.9. The van der Waals surface area contributed by atoms with Crippen molar-refractivity contribution in [2.45, 2.75) is 75.6 Å². The summed E-state index contributed by atoms with van der Waals surface area (Å²) in [4.78, 5) is 16.4. The second-order valence-electron chi connectivity index (χ2n) is 6.98. The minimum Gasteiger partial charge on any atom is -0.391 e. The number of amides is 1. The van der Waals surface area contributed by atoms with Crippen molar-refractivity contribution >= 4 is 5.91 Å². The number of rotatable bonds is 3. The molecule has 5 nitrogen and oxygen atoms in total. The quantitative estimate of drug-likeness (QED) is 0.804. The highest BCUT2D eigenvalue weighted by Crippen LogP contribution is 2.29. The van der Waals surface area contributed by atoms with E-state index in [-0.39, 0.29) is 18.1 Å². The zero-order valence-corrected chi connectivity index (χ0v) is 12.9. The highest BCUT2D eigenvalue weighted by atomic mass is 16.3. The Labute approximate surface area is 127 Å². The van der Waals surface area contributed by atoms with Crippen LogP contribution in [0.5, 0.6) is 0 Å². The van der Waals surface area contributed by atoms with E-state index in [2.05, 4.69) is 9.80 Å². The Kier molecular flexibility index (Phi) is 4.82. The van der Waals surface area contributed by atoms with Crippen molar-refractivity contribution in [3.63, 3.8) is 0 Å². The SMILES string of the molecule is NC(=O)[C@@H]1CCCN1C1CCN([C@H]2CCCC[C@@H]2O)CC1. The number of hydrogen-bond donors (Lipinski definition) is 2. The number of piperidine rings is 1. The van der Waals surface area contributed by atoms with Gasteiger partial charge in [0.2, 0.25) is 5.91 Å². The van der Waals surface area contributed by atoms with Crippen LogP contribution in [-0.2, 0) is 4.79 Å². The third kappa shape index (κ3) is 3.25. The number of aliphatic hydroxyl groups excluding tert-OH is 1. The number of nitrogens with two attached hydrogens (primary N) is 1. The van der Waals surface area contributed by atoms with Crippen molar-refractivity contribution in [3.8, 4) is 0 Å². The minimum atomic E-state index is -0.155. The third-order valence-electron chi connectivity index (χ3n) is 5.75. The Morgan fingerprint density at radius 3 is 2.33 bits per heavy atom. The van der Waals surface area contributed by atoms with Crippen molar-refractivity contribution in [2.24, 2.45) is 5.73 Å². The summed E-state index contributed by atoms with van der Waals surface area (Å²) in [6.45, 7) is 3.12. The van der Waals surface area contributed by atoms with E-state index in [1.807, 2.05) is 0 Å². The standard InChI is InChI=1S/C16H29N3O2/c17-16(21)14-5-3-9-19(14)12-7-10-18(11-8-12)13-4-1-2-6-15(13)20/h12-15,20H,1-11H2,(H2,17,21)/t13-,14-,15-/m0/s1. The van der Waals surface area contributed by atoms with Crippen molar-refractivity contribution < 1.29 is 9.90 Å². The summed E-state index contributed by atoms with van der Waals surface area (Å²) in [7, 11) is 0. The molecular formula is C16H29N3O2. The van der Waals surface area contributed by atoms with Crippen LogP contribution in [0.25, 0.3) is 0 Å². The largest absolute Gasteiger partial charge is 0.391 e. The second-order valence-corrected chi connectivity index (χ2v) is 6.98. The molecule has 3 atom stereocenters. The van der Waals surface area contributed by atoms with Gasteiger partial charge in [0.15, 0.2) is 0 Å². The van der Waals surface area contributed by atoms with Crippen molar-refractivity contribution in [1.29, 1.82) is 0 Å². The molecule has 0 spiro atoms. The summed E-state index contributed by atoms with van der Waals surface area (Å²) >= 11 is 0. The molecule has 3 aliphatic rings. The number of nitrogens with zero attached hydrogens (tertiary/aromatic N) is 2. The lowest BCUT2D eigenvalue weighted by Crippen LogP contribution is -2.54. The van der Waals surface area contributed by atoms with Crippen LogP contribution in [0.1, 0.15) is 51.4 Å². The molecule has 2 heterocycles. The average molecular weight is 295 g/mol. The van der Waals surface area contributed by atoms with Crippen LogP contribution in [0.2, 0.25) is 0 Å². The van der Waals surface area contributed by atoms with E-state index in [9.17, 15) is 9.90 Å². The summed E-state index contributed by atoms with van der Waals surface area (Å²) in [5.41, 5.74) is 5.53. The Bertz CT molecular complexity index is 369. The van der Waals surface area contributed by atoms with Gasteiger partial charge in [0.05, 0.1) is 12.1 Å². The predicted molar refractivity (Wildman–Crippen MR) is 81.8 cm³/mol. The van der Waals surface area contributed by atoms with Crippen LogP contribution in [0.4, 0.5) is 0 Å². The minimum absolute atomic E-state index is 0.0400. The van der Waals surface area contributed by atoms with Gasteiger partial charge in [-0.2, -0.15) is 0 Å². The molecule has 3 rings (SSSR count). The first-order valence-electron chi connectivity index (χ1n) is 8.64. The molecule has 2 saturated heterocycles. The number of primary amides is 1. The smallest absolute Gasteiger partial charge is 0.234 e. The van der Waals surface area contributed by atoms with Gasteiger partial charge in [0.25, 0.3) is 0 Å². The molecule has 0 aromatic heterocycles. The van der Waals surface area contributed by atoms with Gasteiger partial charge in [-0.15, -0.1) is 0 Å². The van der Waals surface area contributed by atoms with E-state index in [0.29, 0.717) is 12.1 Å². The Morgan fingerprint density at radius 2 is 1.67 bits per heavy atom. The number of carbonyl (C=O) groups excluding carboxylic acids is 1. The molecule has 21 heavy (non-hydrogen) atoms. The third-order valence-corrected chi connectivity index (χ3v) is 5.75. The first-order chi connectivity index (χ1) is 10.2. The van der Waals surface area contributed by atoms with Gasteiger partial charge < -0.3 is 10.8 Å². The van der Waals surface area contributed by atoms with Crippen LogP contribution < -0.4 is 5.73 Å². The van der Waals surface area contributed by atoms with E-state index >= 15 is 0 Å². The van der Waals surface area contributed by atoms with Crippen LogP contribution >= 0.6 is 0 Å². The molecule has 3 fully saturated rings. The molecule has 0 aromatic rings. The lowest BCUT2D eigenvalue weighted by molar-refractivity contribution is -0.123. The Morgan fingerprint density at radius 1 is 0.952 bits per heavy atom. The van der Waals surface area contributed by atoms with Gasteiger partial charge in [-0.05, 0) is 45.1 Å². The topological polar surface area (TPSA) is 69.8 Å². The summed E-state index contributed by atoms with van der Waals surface area (Å²) in [6.07, 6.45) is 8.60. The number of carbonyl (C=O) groups is 1. The van der Waals surface area contributed by atoms with Crippen LogP contribution in [0.15, 0.2) is 0 Å². The first-order valence-corrected chi connectivity index (χ1v) is 8.64. The van der Waals surface area contributed by atoms with Crippen LogP contribution in [0, 0.1) is 0 Å². The molecule has 0 unspecified atom stereocenters. The maximum absolute atomic E-state index is 11.5. The van der Waals surface area contributed by atoms with Crippen LogP contribution in [0.3, 0.4) is 0 Å². The van der Waals surface area contributed by atoms with Crippen molar-refractivity contribution in [1.82, 2.24) is 9.80 Å². The average Bonchev–Trinajstić information content (AvgIpc) is 2.98. The van der Waals surface area contributed by atoms with Crippen molar-refractivity contribution in [3.05, 3.63) is 0 Å². The summed E-state index contributed by atoms with van der Waals surface area (Å²) in [5, 5.41) is 10.2. The van der Waals surface area contributed by atoms with Gasteiger partial charge in [0.1, 0.15) is 0 Å². The van der Waals surface area contributed by atoms with Gasteiger partial charge in [-0.3, -0.25) is 14.6 Å². The van der Waals surface area contributed by atoms with Crippen LogP contribution in [-0.4, -0.2) is 64.7 Å². The normalized spacial score (nSPS) is 36.9. The number of hydrogen-bond acceptors (Lipinski definition) is 4. The Balaban J connectivity index is 1.54. The maximum atomic E-state index is 11.5. The van der Waals surface area contributed by atoms with E-state index in [1.54, 1.807) is 0 Å². The highest BCUT2D eigenvalue weighted by Gasteiger charge is 2.37. The fourth-order valence-electron chi connectivity index (χ4n) is 4.60. The van der Waals surface area contributed by atoms with Gasteiger partial charge in [-0.25, -0.2) is 0 Å². The van der Waals surface area contributed by atoms with Crippen molar-refractivity contribution in [2.75, 3.05) is 19.6 Å². The molecule has 0 radical (unpaired) electrons. The van der Waals surface area contributed by atoms with Gasteiger partial charge >= 0.3 is 0 Å². The lowest BCUT2D eigenvalue weighted by atomic mass is 9.89. The molecule has 120 valence electrons. The fraction of sp³-hybridized carbons (Fsp3) is 0.938. The molecular weight excluding hydrogens is 266 g/mol. The number of aliphatic hydroxyl groups is 1. The van der Waals surface area contributed by atoms with E-state index in [4.69, 9.17) is 5.73 Å². The maximum Gasteiger partial charge on any atom is 0.234 e. The molecule has 0 bridgehead atoms. The number of likely N-dealkylation sites (tertiary alicyclic amines) is 2. The summed E-state index contributed by atoms with van der Waals surface area (Å²) < 4.78 is 0. The van der Waals surface area contributed by atoms with E-state index in [0.717, 1.165) is 58.2 Å². The monoisotopic (exact) mass is 295 g/mol. The molecule has 1 saturated carbocycles. The molecule has 3 N–H and O–H groups in total.